The first-order chi connectivity index (χ1) is 22.3. The average molecular weight is 576 g/mol. The molecule has 0 fully saturated rings. The van der Waals surface area contributed by atoms with Crippen molar-refractivity contribution in [3.63, 3.8) is 0 Å². The molecule has 9 aromatic rings. The van der Waals surface area contributed by atoms with Gasteiger partial charge >= 0.3 is 0 Å². The second kappa shape index (κ2) is 10.1. The Morgan fingerprint density at radius 3 is 2.00 bits per heavy atom. The molecule has 0 saturated carbocycles. The lowest BCUT2D eigenvalue weighted by molar-refractivity contribution is 0.908. The first-order valence-corrected chi connectivity index (χ1v) is 15.6. The molecular formula is C42H29N3. The Bertz CT molecular complexity index is 2570. The van der Waals surface area contributed by atoms with Gasteiger partial charge in [0, 0.05) is 33.8 Å². The molecule has 0 bridgehead atoms. The molecule has 0 aliphatic heterocycles. The molecule has 0 saturated heterocycles. The van der Waals surface area contributed by atoms with Crippen molar-refractivity contribution in [2.75, 3.05) is 0 Å². The monoisotopic (exact) mass is 575 g/mol. The van der Waals surface area contributed by atoms with Crippen LogP contribution >= 0.6 is 0 Å². The summed E-state index contributed by atoms with van der Waals surface area (Å²) in [7, 11) is 0. The van der Waals surface area contributed by atoms with Gasteiger partial charge in [-0.15, -0.1) is 0 Å². The minimum absolute atomic E-state index is 0.865. The molecule has 0 amide bonds. The molecule has 0 N–H and O–H groups in total. The van der Waals surface area contributed by atoms with Crippen LogP contribution in [0.25, 0.3) is 82.3 Å². The minimum atomic E-state index is 0.865. The van der Waals surface area contributed by atoms with Crippen molar-refractivity contribution in [3.8, 4) is 28.1 Å². The minimum Gasteiger partial charge on any atom is -0.296 e. The Morgan fingerprint density at radius 1 is 0.511 bits per heavy atom. The van der Waals surface area contributed by atoms with Crippen LogP contribution in [0.3, 0.4) is 0 Å². The van der Waals surface area contributed by atoms with Crippen molar-refractivity contribution in [2.45, 2.75) is 13.3 Å². The summed E-state index contributed by atoms with van der Waals surface area (Å²) in [5.74, 6) is 1.07. The van der Waals surface area contributed by atoms with Crippen LogP contribution in [0.15, 0.2) is 146 Å². The van der Waals surface area contributed by atoms with E-state index in [9.17, 15) is 0 Å². The largest absolute Gasteiger partial charge is 0.296 e. The van der Waals surface area contributed by atoms with Crippen LogP contribution < -0.4 is 0 Å². The molecule has 0 aliphatic rings. The fraction of sp³-hybridized carbons (Fsp3) is 0.0476. The van der Waals surface area contributed by atoms with Crippen LogP contribution in [-0.4, -0.2) is 14.5 Å². The van der Waals surface area contributed by atoms with Gasteiger partial charge in [-0.3, -0.25) is 4.57 Å². The topological polar surface area (TPSA) is 30.7 Å². The zero-order valence-corrected chi connectivity index (χ0v) is 24.9. The molecule has 3 nitrogen and oxygen atoms in total. The van der Waals surface area contributed by atoms with Gasteiger partial charge in [-0.05, 0) is 75.1 Å². The molecule has 2 heterocycles. The number of aromatic nitrogens is 3. The Labute approximate surface area is 261 Å². The Kier molecular flexibility index (Phi) is 5.79. The smallest absolute Gasteiger partial charge is 0.114 e. The SMILES string of the molecule is CCc1nc2ccccc2n1-c1ccc(-c2cc3c(-c4ccc5ccccc5c4)nc4ccccc4c3c3ccccc23)cc1. The Hall–Kier alpha value is -5.80. The number of fused-ring (bicyclic) bond motifs is 7. The third-order valence-corrected chi connectivity index (χ3v) is 9.11. The van der Waals surface area contributed by atoms with Crippen LogP contribution in [-0.2, 0) is 6.42 Å². The summed E-state index contributed by atoms with van der Waals surface area (Å²) >= 11 is 0. The van der Waals surface area contributed by atoms with Gasteiger partial charge in [-0.1, -0.05) is 110 Å². The summed E-state index contributed by atoms with van der Waals surface area (Å²) in [5, 5.41) is 8.51. The van der Waals surface area contributed by atoms with Crippen molar-refractivity contribution in [1.29, 1.82) is 0 Å². The Morgan fingerprint density at radius 2 is 1.18 bits per heavy atom. The van der Waals surface area contributed by atoms with E-state index < -0.39 is 0 Å². The summed E-state index contributed by atoms with van der Waals surface area (Å²) in [6.45, 7) is 2.16. The zero-order valence-electron chi connectivity index (χ0n) is 24.9. The molecule has 9 rings (SSSR count). The van der Waals surface area contributed by atoms with Gasteiger partial charge in [0.2, 0.25) is 0 Å². The van der Waals surface area contributed by atoms with E-state index in [1.165, 1.54) is 43.4 Å². The summed E-state index contributed by atoms with van der Waals surface area (Å²) < 4.78 is 2.28. The molecule has 0 radical (unpaired) electrons. The number of para-hydroxylation sites is 3. The molecule has 2 aromatic heterocycles. The van der Waals surface area contributed by atoms with E-state index >= 15 is 0 Å². The van der Waals surface area contributed by atoms with Gasteiger partial charge in [0.1, 0.15) is 5.82 Å². The van der Waals surface area contributed by atoms with Gasteiger partial charge in [-0.2, -0.15) is 0 Å². The number of hydrogen-bond acceptors (Lipinski definition) is 2. The van der Waals surface area contributed by atoms with E-state index in [4.69, 9.17) is 9.97 Å². The van der Waals surface area contributed by atoms with Gasteiger partial charge in [0.25, 0.3) is 0 Å². The number of imidazole rings is 1. The molecule has 0 unspecified atom stereocenters. The van der Waals surface area contributed by atoms with Crippen LogP contribution in [0, 0.1) is 0 Å². The molecule has 212 valence electrons. The maximum atomic E-state index is 5.31. The maximum absolute atomic E-state index is 5.31. The van der Waals surface area contributed by atoms with E-state index in [2.05, 4.69) is 157 Å². The summed E-state index contributed by atoms with van der Waals surface area (Å²) in [4.78, 5) is 10.2. The average Bonchev–Trinajstić information content (AvgIpc) is 3.49. The highest BCUT2D eigenvalue weighted by molar-refractivity contribution is 6.25. The van der Waals surface area contributed by atoms with Crippen molar-refractivity contribution in [3.05, 3.63) is 151 Å². The third-order valence-electron chi connectivity index (χ3n) is 9.11. The van der Waals surface area contributed by atoms with Gasteiger partial charge in [-0.25, -0.2) is 9.97 Å². The van der Waals surface area contributed by atoms with E-state index in [0.717, 1.165) is 51.1 Å². The fourth-order valence-corrected chi connectivity index (χ4v) is 7.00. The van der Waals surface area contributed by atoms with E-state index in [1.54, 1.807) is 0 Å². The lowest BCUT2D eigenvalue weighted by atomic mass is 9.89. The van der Waals surface area contributed by atoms with Gasteiger partial charge < -0.3 is 0 Å². The summed E-state index contributed by atoms with van der Waals surface area (Å²) in [5.41, 5.74) is 8.81. The first kappa shape index (κ1) is 25.7. The molecule has 45 heavy (non-hydrogen) atoms. The van der Waals surface area contributed by atoms with E-state index in [1.807, 2.05) is 0 Å². The van der Waals surface area contributed by atoms with Crippen LogP contribution in [0.1, 0.15) is 12.7 Å². The number of nitrogens with zero attached hydrogens (tertiary/aromatic N) is 3. The third kappa shape index (κ3) is 4.05. The second-order valence-electron chi connectivity index (χ2n) is 11.7. The van der Waals surface area contributed by atoms with Crippen LogP contribution in [0.4, 0.5) is 0 Å². The first-order valence-electron chi connectivity index (χ1n) is 15.6. The quantitative estimate of drug-likeness (QED) is 0.195. The van der Waals surface area contributed by atoms with Crippen molar-refractivity contribution in [1.82, 2.24) is 14.5 Å². The van der Waals surface area contributed by atoms with Crippen molar-refractivity contribution >= 4 is 54.3 Å². The number of pyridine rings is 1. The van der Waals surface area contributed by atoms with Gasteiger partial charge in [0.15, 0.2) is 0 Å². The molecule has 0 atom stereocenters. The second-order valence-corrected chi connectivity index (χ2v) is 11.7. The standard InChI is InChI=1S/C42H29N3/c1-2-40-43-38-17-9-10-18-39(38)45(40)31-23-21-28(22-24-31)35-26-36-41(33-14-6-5-13-32(33)35)34-15-7-8-16-37(34)44-42(36)30-20-19-27-11-3-4-12-29(27)25-30/h3-26H,2H2,1H3. The predicted molar refractivity (Wildman–Crippen MR) is 189 cm³/mol. The predicted octanol–water partition coefficient (Wildman–Crippen LogP) is 10.9. The highest BCUT2D eigenvalue weighted by atomic mass is 15.1. The number of rotatable bonds is 4. The van der Waals surface area contributed by atoms with Crippen LogP contribution in [0.2, 0.25) is 0 Å². The molecule has 3 heteroatoms. The lowest BCUT2D eigenvalue weighted by Crippen LogP contribution is -2.00. The van der Waals surface area contributed by atoms with Gasteiger partial charge in [0.05, 0.1) is 22.2 Å². The molecule has 7 aromatic carbocycles. The lowest BCUT2D eigenvalue weighted by Gasteiger charge is -2.17. The normalized spacial score (nSPS) is 11.8. The molecular weight excluding hydrogens is 546 g/mol. The number of benzene rings is 7. The van der Waals surface area contributed by atoms with Crippen molar-refractivity contribution in [2.24, 2.45) is 0 Å². The maximum Gasteiger partial charge on any atom is 0.114 e. The highest BCUT2D eigenvalue weighted by Crippen LogP contribution is 2.42. The summed E-state index contributed by atoms with van der Waals surface area (Å²) in [6.07, 6.45) is 0.865. The highest BCUT2D eigenvalue weighted by Gasteiger charge is 2.17. The van der Waals surface area contributed by atoms with Crippen LogP contribution in [0.5, 0.6) is 0 Å². The number of aryl methyl sites for hydroxylation is 1. The number of hydrogen-bond donors (Lipinski definition) is 0. The van der Waals surface area contributed by atoms with E-state index in [-0.39, 0.29) is 0 Å². The molecule has 0 aliphatic carbocycles. The summed E-state index contributed by atoms with van der Waals surface area (Å²) in [6, 6.07) is 52.3. The Balaban J connectivity index is 1.31. The fourth-order valence-electron chi connectivity index (χ4n) is 7.00. The van der Waals surface area contributed by atoms with E-state index in [0.29, 0.717) is 0 Å². The zero-order chi connectivity index (χ0) is 29.9. The molecule has 0 spiro atoms. The van der Waals surface area contributed by atoms with Crippen molar-refractivity contribution < 1.29 is 0 Å².